The molecule has 0 N–H and O–H groups in total. The van der Waals surface area contributed by atoms with Crippen LogP contribution in [0.25, 0.3) is 0 Å². The van der Waals surface area contributed by atoms with Crippen LogP contribution in [0.2, 0.25) is 0 Å². The van der Waals surface area contributed by atoms with Gasteiger partial charge in [0.25, 0.3) is 0 Å². The minimum atomic E-state index is -0.217. The molecule has 1 rings (SSSR count). The van der Waals surface area contributed by atoms with Crippen molar-refractivity contribution in [3.8, 4) is 0 Å². The molecule has 0 saturated heterocycles. The Hall–Kier alpha value is 0.266. The van der Waals surface area contributed by atoms with E-state index in [2.05, 4.69) is 6.92 Å². The van der Waals surface area contributed by atoms with Crippen molar-refractivity contribution in [3.05, 3.63) is 42.1 Å². The molecule has 0 bridgehead atoms. The first-order valence-corrected chi connectivity index (χ1v) is 2.78. The van der Waals surface area contributed by atoms with Gasteiger partial charge < -0.3 is 17.0 Å². The number of hydrogen-bond donors (Lipinski definition) is 0. The van der Waals surface area contributed by atoms with E-state index in [0.717, 1.165) is 11.1 Å². The zero-order chi connectivity index (χ0) is 6.85. The van der Waals surface area contributed by atoms with Crippen LogP contribution in [0.1, 0.15) is 11.1 Å². The largest absolute Gasteiger partial charge is 2.00 e. The van der Waals surface area contributed by atoms with Crippen LogP contribution in [0.15, 0.2) is 18.2 Å². The number of halogens is 2. The van der Waals surface area contributed by atoms with E-state index in [9.17, 15) is 4.39 Å². The van der Waals surface area contributed by atoms with Gasteiger partial charge in [0.1, 0.15) is 0 Å². The van der Waals surface area contributed by atoms with Gasteiger partial charge in [-0.1, -0.05) is 13.0 Å². The standard InChI is InChI=1S/C8H8F.BrH.Mg/c1-6-3-4-8(9)5-7(6)2;;/h3-5H,2H2,1H3;1H;/q-1;;+2/p-1. The van der Waals surface area contributed by atoms with Crippen LogP contribution in [0.3, 0.4) is 0 Å². The number of aryl methyl sites for hydroxylation is 1. The molecule has 0 aliphatic heterocycles. The molecule has 0 aromatic heterocycles. The topological polar surface area (TPSA) is 0 Å². The Morgan fingerprint density at radius 2 is 1.91 bits per heavy atom. The Balaban J connectivity index is 0. The van der Waals surface area contributed by atoms with Gasteiger partial charge in [-0.2, -0.15) is 18.1 Å². The van der Waals surface area contributed by atoms with Crippen LogP contribution < -0.4 is 17.0 Å². The Kier molecular flexibility index (Phi) is 7.37. The Labute approximate surface area is 93.1 Å². The maximum Gasteiger partial charge on any atom is 2.00 e. The fourth-order valence-corrected chi connectivity index (χ4v) is 0.640. The summed E-state index contributed by atoms with van der Waals surface area (Å²) in [4.78, 5) is 0. The molecule has 0 atom stereocenters. The van der Waals surface area contributed by atoms with Gasteiger partial charge in [-0.25, -0.2) is 4.39 Å². The molecule has 0 heterocycles. The molecule has 1 aromatic rings. The molecule has 56 valence electrons. The van der Waals surface area contributed by atoms with Crippen molar-refractivity contribution in [3.63, 3.8) is 0 Å². The predicted octanol–water partition coefficient (Wildman–Crippen LogP) is -1.06. The van der Waals surface area contributed by atoms with E-state index in [1.54, 1.807) is 6.07 Å². The molecule has 3 heteroatoms. The fourth-order valence-electron chi connectivity index (χ4n) is 0.640. The van der Waals surface area contributed by atoms with Crippen LogP contribution in [0, 0.1) is 19.7 Å². The van der Waals surface area contributed by atoms with Gasteiger partial charge in [0.05, 0.1) is 5.82 Å². The third-order valence-electron chi connectivity index (χ3n) is 1.31. The first-order chi connectivity index (χ1) is 4.20. The van der Waals surface area contributed by atoms with Crippen LogP contribution in [0.4, 0.5) is 4.39 Å². The molecule has 0 aliphatic carbocycles. The third-order valence-corrected chi connectivity index (χ3v) is 1.31. The van der Waals surface area contributed by atoms with Crippen molar-refractivity contribution >= 4 is 23.1 Å². The van der Waals surface area contributed by atoms with Crippen molar-refractivity contribution < 1.29 is 21.4 Å². The second-order valence-corrected chi connectivity index (χ2v) is 2.07. The fraction of sp³-hybridized carbons (Fsp3) is 0.125. The van der Waals surface area contributed by atoms with E-state index in [4.69, 9.17) is 0 Å². The maximum absolute atomic E-state index is 12.3. The quantitative estimate of drug-likeness (QED) is 0.391. The summed E-state index contributed by atoms with van der Waals surface area (Å²) in [6.45, 7) is 5.55. The first-order valence-electron chi connectivity index (χ1n) is 2.78. The molecule has 0 radical (unpaired) electrons. The van der Waals surface area contributed by atoms with Gasteiger partial charge in [-0.05, 0) is 0 Å². The van der Waals surface area contributed by atoms with Gasteiger partial charge in [0, 0.05) is 0 Å². The number of rotatable bonds is 0. The summed E-state index contributed by atoms with van der Waals surface area (Å²) >= 11 is 0. The minimum absolute atomic E-state index is 0. The summed E-state index contributed by atoms with van der Waals surface area (Å²) in [6.07, 6.45) is 0. The third kappa shape index (κ3) is 3.99. The average molecular weight is 227 g/mol. The zero-order valence-corrected chi connectivity index (χ0v) is 9.40. The van der Waals surface area contributed by atoms with Gasteiger partial charge >= 0.3 is 23.1 Å². The van der Waals surface area contributed by atoms with Crippen LogP contribution in [-0.2, 0) is 0 Å². The predicted molar refractivity (Wildman–Crippen MR) is 41.4 cm³/mol. The molecule has 0 saturated carbocycles. The van der Waals surface area contributed by atoms with Crippen molar-refractivity contribution in [1.82, 2.24) is 0 Å². The molecule has 0 amide bonds. The second-order valence-electron chi connectivity index (χ2n) is 2.07. The van der Waals surface area contributed by atoms with Gasteiger partial charge in [-0.15, -0.1) is 12.1 Å². The Morgan fingerprint density at radius 3 is 2.27 bits per heavy atom. The minimum Gasteiger partial charge on any atom is -1.00 e. The summed E-state index contributed by atoms with van der Waals surface area (Å²) in [5, 5.41) is 0. The van der Waals surface area contributed by atoms with E-state index in [0.29, 0.717) is 0 Å². The number of benzene rings is 1. The molecule has 1 aromatic carbocycles. The normalized spacial score (nSPS) is 7.82. The Morgan fingerprint density at radius 1 is 1.36 bits per heavy atom. The monoisotopic (exact) mass is 226 g/mol. The van der Waals surface area contributed by atoms with Gasteiger partial charge in [0.15, 0.2) is 0 Å². The molecular weight excluding hydrogens is 219 g/mol. The van der Waals surface area contributed by atoms with E-state index >= 15 is 0 Å². The van der Waals surface area contributed by atoms with E-state index in [-0.39, 0.29) is 45.9 Å². The van der Waals surface area contributed by atoms with Gasteiger partial charge in [-0.3, -0.25) is 0 Å². The molecular formula is C8H8BrFMg. The van der Waals surface area contributed by atoms with E-state index in [1.165, 1.54) is 12.1 Å². The van der Waals surface area contributed by atoms with Crippen molar-refractivity contribution in [2.75, 3.05) is 0 Å². The smallest absolute Gasteiger partial charge is 1.00 e. The van der Waals surface area contributed by atoms with Crippen molar-refractivity contribution in [2.24, 2.45) is 0 Å². The zero-order valence-electron chi connectivity index (χ0n) is 6.40. The molecule has 0 fully saturated rings. The van der Waals surface area contributed by atoms with Crippen molar-refractivity contribution in [2.45, 2.75) is 6.92 Å². The van der Waals surface area contributed by atoms with Crippen LogP contribution >= 0.6 is 0 Å². The van der Waals surface area contributed by atoms with Crippen molar-refractivity contribution in [1.29, 1.82) is 0 Å². The van der Waals surface area contributed by atoms with Crippen LogP contribution in [-0.4, -0.2) is 23.1 Å². The molecule has 0 nitrogen and oxygen atoms in total. The second kappa shape index (κ2) is 5.86. The number of hydrogen-bond acceptors (Lipinski definition) is 0. The SMILES string of the molecule is [Br-].[CH2-]c1cc(F)ccc1C.[Mg+2]. The van der Waals surface area contributed by atoms with Crippen LogP contribution in [0.5, 0.6) is 0 Å². The first kappa shape index (κ1) is 13.8. The summed E-state index contributed by atoms with van der Waals surface area (Å²) in [6, 6.07) is 4.58. The summed E-state index contributed by atoms with van der Waals surface area (Å²) in [7, 11) is 0. The Bertz CT molecular complexity index is 225. The van der Waals surface area contributed by atoms with Gasteiger partial charge in [0.2, 0.25) is 0 Å². The molecule has 0 spiro atoms. The average Bonchev–Trinajstić information content (AvgIpc) is 1.80. The molecule has 0 unspecified atom stereocenters. The van der Waals surface area contributed by atoms with E-state index < -0.39 is 0 Å². The summed E-state index contributed by atoms with van der Waals surface area (Å²) in [5.41, 5.74) is 1.78. The maximum atomic E-state index is 12.3. The molecule has 0 aliphatic rings. The summed E-state index contributed by atoms with van der Waals surface area (Å²) < 4.78 is 12.3. The van der Waals surface area contributed by atoms with E-state index in [1.807, 2.05) is 6.92 Å². The summed E-state index contributed by atoms with van der Waals surface area (Å²) in [5.74, 6) is -0.217. The molecule has 11 heavy (non-hydrogen) atoms.